The van der Waals surface area contributed by atoms with Crippen molar-refractivity contribution in [3.63, 3.8) is 0 Å². The van der Waals surface area contributed by atoms with Gasteiger partial charge in [-0.1, -0.05) is 30.3 Å². The van der Waals surface area contributed by atoms with Gasteiger partial charge in [0, 0.05) is 6.04 Å². The number of carbonyl (C=O) groups is 1. The molecule has 2 N–H and O–H groups in total. The second-order valence-corrected chi connectivity index (χ2v) is 6.68. The molecule has 1 saturated heterocycles. The first-order chi connectivity index (χ1) is 8.55. The number of amides is 1. The molecule has 1 amide bonds. The molecule has 0 aliphatic carbocycles. The van der Waals surface area contributed by atoms with E-state index in [9.17, 15) is 13.2 Å². The Balaban J connectivity index is 1.76. The van der Waals surface area contributed by atoms with E-state index in [0.717, 1.165) is 5.56 Å². The Morgan fingerprint density at radius 3 is 2.61 bits per heavy atom. The van der Waals surface area contributed by atoms with E-state index < -0.39 is 9.84 Å². The van der Waals surface area contributed by atoms with Crippen molar-refractivity contribution in [1.82, 2.24) is 10.9 Å². The smallest absolute Gasteiger partial charge is 0.238 e. The molecule has 6 heteroatoms. The summed E-state index contributed by atoms with van der Waals surface area (Å²) in [5, 5.41) is 0. The zero-order valence-electron chi connectivity index (χ0n) is 9.93. The summed E-state index contributed by atoms with van der Waals surface area (Å²) < 4.78 is 22.4. The van der Waals surface area contributed by atoms with Crippen LogP contribution in [0.2, 0.25) is 0 Å². The van der Waals surface area contributed by atoms with Crippen LogP contribution in [-0.2, 0) is 21.1 Å². The van der Waals surface area contributed by atoms with E-state index in [-0.39, 0.29) is 29.9 Å². The molecule has 1 atom stereocenters. The van der Waals surface area contributed by atoms with Crippen molar-refractivity contribution in [2.45, 2.75) is 18.9 Å². The predicted octanol–water partition coefficient (Wildman–Crippen LogP) is 0.0370. The van der Waals surface area contributed by atoms with Gasteiger partial charge in [-0.15, -0.1) is 0 Å². The highest BCUT2D eigenvalue weighted by atomic mass is 32.2. The fourth-order valence-electron chi connectivity index (χ4n) is 1.92. The summed E-state index contributed by atoms with van der Waals surface area (Å²) in [6, 6.07) is 9.22. The minimum Gasteiger partial charge on any atom is -0.291 e. The molecule has 0 aromatic heterocycles. The number of hydrazine groups is 1. The second-order valence-electron chi connectivity index (χ2n) is 4.45. The SMILES string of the molecule is O=C(Cc1ccccc1)NNC1CCS(=O)(=O)C1. The van der Waals surface area contributed by atoms with Crippen molar-refractivity contribution >= 4 is 15.7 Å². The van der Waals surface area contributed by atoms with E-state index in [0.29, 0.717) is 6.42 Å². The largest absolute Gasteiger partial charge is 0.291 e. The Labute approximate surface area is 106 Å². The van der Waals surface area contributed by atoms with Crippen molar-refractivity contribution < 1.29 is 13.2 Å². The first-order valence-electron chi connectivity index (χ1n) is 5.84. The third-order valence-corrected chi connectivity index (χ3v) is 4.62. The van der Waals surface area contributed by atoms with Crippen molar-refractivity contribution in [3.8, 4) is 0 Å². The van der Waals surface area contributed by atoms with E-state index >= 15 is 0 Å². The fourth-order valence-corrected chi connectivity index (χ4v) is 3.59. The minimum absolute atomic E-state index is 0.0959. The molecular weight excluding hydrogens is 252 g/mol. The summed E-state index contributed by atoms with van der Waals surface area (Å²) >= 11 is 0. The summed E-state index contributed by atoms with van der Waals surface area (Å²) in [7, 11) is -2.92. The molecule has 1 heterocycles. The Kier molecular flexibility index (Phi) is 3.98. The van der Waals surface area contributed by atoms with Crippen LogP contribution in [0.5, 0.6) is 0 Å². The van der Waals surface area contributed by atoms with Gasteiger partial charge in [-0.25, -0.2) is 13.8 Å². The van der Waals surface area contributed by atoms with Crippen LogP contribution in [0.3, 0.4) is 0 Å². The van der Waals surface area contributed by atoms with Gasteiger partial charge in [-0.2, -0.15) is 0 Å². The molecule has 98 valence electrons. The van der Waals surface area contributed by atoms with Gasteiger partial charge in [-0.3, -0.25) is 10.2 Å². The van der Waals surface area contributed by atoms with Crippen LogP contribution in [0.15, 0.2) is 30.3 Å². The summed E-state index contributed by atoms with van der Waals surface area (Å²) in [6.45, 7) is 0. The molecule has 0 bridgehead atoms. The van der Waals surface area contributed by atoms with Gasteiger partial charge in [0.15, 0.2) is 9.84 Å². The predicted molar refractivity (Wildman–Crippen MR) is 68.5 cm³/mol. The minimum atomic E-state index is -2.92. The Bertz CT molecular complexity index is 513. The molecule has 2 rings (SSSR count). The van der Waals surface area contributed by atoms with Crippen LogP contribution in [-0.4, -0.2) is 31.9 Å². The van der Waals surface area contributed by atoms with Gasteiger partial charge in [0.05, 0.1) is 17.9 Å². The second kappa shape index (κ2) is 5.49. The zero-order chi connectivity index (χ0) is 13.0. The van der Waals surface area contributed by atoms with E-state index in [1.54, 1.807) is 0 Å². The maximum Gasteiger partial charge on any atom is 0.238 e. The van der Waals surface area contributed by atoms with Crippen LogP contribution in [0.25, 0.3) is 0 Å². The van der Waals surface area contributed by atoms with Crippen LogP contribution < -0.4 is 10.9 Å². The topological polar surface area (TPSA) is 75.3 Å². The molecule has 1 aliphatic heterocycles. The van der Waals surface area contributed by atoms with Crippen molar-refractivity contribution in [2.75, 3.05) is 11.5 Å². The van der Waals surface area contributed by atoms with Crippen molar-refractivity contribution in [1.29, 1.82) is 0 Å². The van der Waals surface area contributed by atoms with Crippen LogP contribution in [0.4, 0.5) is 0 Å². The maximum absolute atomic E-state index is 11.6. The third kappa shape index (κ3) is 3.82. The maximum atomic E-state index is 11.6. The first-order valence-corrected chi connectivity index (χ1v) is 7.66. The Morgan fingerprint density at radius 1 is 1.28 bits per heavy atom. The number of sulfone groups is 1. The number of hydrogen-bond donors (Lipinski definition) is 2. The summed E-state index contributed by atoms with van der Waals surface area (Å²) in [5.41, 5.74) is 6.26. The number of hydrogen-bond acceptors (Lipinski definition) is 4. The van der Waals surface area contributed by atoms with Gasteiger partial charge in [0.2, 0.25) is 5.91 Å². The quantitative estimate of drug-likeness (QED) is 0.756. The highest BCUT2D eigenvalue weighted by Gasteiger charge is 2.27. The van der Waals surface area contributed by atoms with E-state index in [1.807, 2.05) is 30.3 Å². The monoisotopic (exact) mass is 268 g/mol. The summed E-state index contributed by atoms with van der Waals surface area (Å²) in [4.78, 5) is 11.6. The Hall–Kier alpha value is -1.40. The van der Waals surface area contributed by atoms with Gasteiger partial charge in [0.1, 0.15) is 0 Å². The Morgan fingerprint density at radius 2 is 2.00 bits per heavy atom. The molecule has 0 radical (unpaired) electrons. The van der Waals surface area contributed by atoms with Crippen LogP contribution in [0, 0.1) is 0 Å². The van der Waals surface area contributed by atoms with Gasteiger partial charge in [0.25, 0.3) is 0 Å². The lowest BCUT2D eigenvalue weighted by molar-refractivity contribution is -0.121. The molecule has 1 aromatic rings. The lowest BCUT2D eigenvalue weighted by Gasteiger charge is -2.11. The lowest BCUT2D eigenvalue weighted by Crippen LogP contribution is -2.45. The number of benzene rings is 1. The fraction of sp³-hybridized carbons (Fsp3) is 0.417. The zero-order valence-corrected chi connectivity index (χ0v) is 10.7. The van der Waals surface area contributed by atoms with Crippen molar-refractivity contribution in [2.24, 2.45) is 0 Å². The van der Waals surface area contributed by atoms with Gasteiger partial charge >= 0.3 is 0 Å². The van der Waals surface area contributed by atoms with Gasteiger partial charge < -0.3 is 0 Å². The highest BCUT2D eigenvalue weighted by Crippen LogP contribution is 2.10. The standard InChI is InChI=1S/C12H16N2O3S/c15-12(8-10-4-2-1-3-5-10)14-13-11-6-7-18(16,17)9-11/h1-5,11,13H,6-9H2,(H,14,15). The average Bonchev–Trinajstić information content (AvgIpc) is 2.68. The molecule has 1 aromatic carbocycles. The number of rotatable bonds is 4. The molecule has 1 aliphatic rings. The first kappa shape index (κ1) is 13.0. The van der Waals surface area contributed by atoms with Crippen LogP contribution in [0.1, 0.15) is 12.0 Å². The summed E-state index contributed by atoms with van der Waals surface area (Å²) in [5.74, 6) is 0.128. The molecule has 0 saturated carbocycles. The molecular formula is C12H16N2O3S. The van der Waals surface area contributed by atoms with Gasteiger partial charge in [-0.05, 0) is 12.0 Å². The summed E-state index contributed by atoms with van der Waals surface area (Å²) in [6.07, 6.45) is 0.835. The number of carbonyl (C=O) groups excluding carboxylic acids is 1. The lowest BCUT2D eigenvalue weighted by atomic mass is 10.1. The number of nitrogens with one attached hydrogen (secondary N) is 2. The third-order valence-electron chi connectivity index (χ3n) is 2.86. The molecule has 1 unspecified atom stereocenters. The molecule has 5 nitrogen and oxygen atoms in total. The van der Waals surface area contributed by atoms with Crippen molar-refractivity contribution in [3.05, 3.63) is 35.9 Å². The average molecular weight is 268 g/mol. The highest BCUT2D eigenvalue weighted by molar-refractivity contribution is 7.91. The molecule has 0 spiro atoms. The molecule has 18 heavy (non-hydrogen) atoms. The van der Waals surface area contributed by atoms with E-state index in [1.165, 1.54) is 0 Å². The molecule has 1 fully saturated rings. The normalized spacial score (nSPS) is 21.7. The van der Waals surface area contributed by atoms with E-state index in [4.69, 9.17) is 0 Å². The van der Waals surface area contributed by atoms with Crippen LogP contribution >= 0.6 is 0 Å². The van der Waals surface area contributed by atoms with E-state index in [2.05, 4.69) is 10.9 Å².